The highest BCUT2D eigenvalue weighted by atomic mass is 16.5. The molecule has 0 bridgehead atoms. The number of likely N-dealkylation sites (tertiary alicyclic amines) is 1. The topological polar surface area (TPSA) is 42.7 Å². The van der Waals surface area contributed by atoms with Crippen LogP contribution in [-0.4, -0.2) is 31.0 Å². The summed E-state index contributed by atoms with van der Waals surface area (Å²) < 4.78 is 10.6. The van der Waals surface area contributed by atoms with Crippen molar-refractivity contribution in [3.63, 3.8) is 0 Å². The summed E-state index contributed by atoms with van der Waals surface area (Å²) in [5, 5.41) is 0. The SMILES string of the molecule is COc1ccc(CC(=O)N2CCC(c3ccco3)C2)cc1. The van der Waals surface area contributed by atoms with Crippen molar-refractivity contribution < 1.29 is 13.9 Å². The second kappa shape index (κ2) is 6.04. The third-order valence-electron chi connectivity index (χ3n) is 4.00. The number of ether oxygens (including phenoxy) is 1. The highest BCUT2D eigenvalue weighted by molar-refractivity contribution is 5.79. The monoisotopic (exact) mass is 285 g/mol. The number of rotatable bonds is 4. The highest BCUT2D eigenvalue weighted by Gasteiger charge is 2.28. The van der Waals surface area contributed by atoms with Crippen LogP contribution in [0.2, 0.25) is 0 Å². The lowest BCUT2D eigenvalue weighted by Gasteiger charge is -2.16. The molecule has 1 aliphatic heterocycles. The molecular weight excluding hydrogens is 266 g/mol. The van der Waals surface area contributed by atoms with E-state index in [1.165, 1.54) is 0 Å². The lowest BCUT2D eigenvalue weighted by Crippen LogP contribution is -2.29. The van der Waals surface area contributed by atoms with Crippen LogP contribution in [0.1, 0.15) is 23.7 Å². The summed E-state index contributed by atoms with van der Waals surface area (Å²) in [5.41, 5.74) is 1.02. The van der Waals surface area contributed by atoms with E-state index in [9.17, 15) is 4.79 Å². The molecule has 3 rings (SSSR count). The van der Waals surface area contributed by atoms with E-state index in [4.69, 9.17) is 9.15 Å². The van der Waals surface area contributed by atoms with Crippen LogP contribution in [0.25, 0.3) is 0 Å². The maximum absolute atomic E-state index is 12.3. The maximum Gasteiger partial charge on any atom is 0.227 e. The van der Waals surface area contributed by atoms with Gasteiger partial charge in [-0.05, 0) is 36.2 Å². The number of carbonyl (C=O) groups excluding carboxylic acids is 1. The molecule has 1 unspecified atom stereocenters. The smallest absolute Gasteiger partial charge is 0.227 e. The summed E-state index contributed by atoms with van der Waals surface area (Å²) in [7, 11) is 1.64. The molecule has 110 valence electrons. The molecule has 4 nitrogen and oxygen atoms in total. The average molecular weight is 285 g/mol. The van der Waals surface area contributed by atoms with Gasteiger partial charge in [-0.25, -0.2) is 0 Å². The Bertz CT molecular complexity index is 589. The number of methoxy groups -OCH3 is 1. The van der Waals surface area contributed by atoms with E-state index >= 15 is 0 Å². The number of amides is 1. The molecule has 0 spiro atoms. The molecule has 4 heteroatoms. The molecule has 0 N–H and O–H groups in total. The molecule has 1 aromatic heterocycles. The van der Waals surface area contributed by atoms with Gasteiger partial charge in [0.05, 0.1) is 19.8 Å². The summed E-state index contributed by atoms with van der Waals surface area (Å²) in [4.78, 5) is 14.3. The lowest BCUT2D eigenvalue weighted by molar-refractivity contribution is -0.129. The fourth-order valence-electron chi connectivity index (χ4n) is 2.77. The molecule has 1 fully saturated rings. The molecule has 2 heterocycles. The van der Waals surface area contributed by atoms with Gasteiger partial charge in [0.15, 0.2) is 0 Å². The predicted octanol–water partition coefficient (Wildman–Crippen LogP) is 2.85. The van der Waals surface area contributed by atoms with E-state index in [0.717, 1.165) is 36.6 Å². The van der Waals surface area contributed by atoms with Crippen molar-refractivity contribution in [3.8, 4) is 5.75 Å². The van der Waals surface area contributed by atoms with Gasteiger partial charge in [-0.1, -0.05) is 12.1 Å². The zero-order valence-electron chi connectivity index (χ0n) is 12.1. The third kappa shape index (κ3) is 3.10. The molecule has 0 saturated carbocycles. The van der Waals surface area contributed by atoms with Crippen LogP contribution < -0.4 is 4.74 Å². The Balaban J connectivity index is 1.58. The Morgan fingerprint density at radius 1 is 1.33 bits per heavy atom. The molecule has 1 atom stereocenters. The number of hydrogen-bond acceptors (Lipinski definition) is 3. The highest BCUT2D eigenvalue weighted by Crippen LogP contribution is 2.27. The molecular formula is C17H19NO3. The van der Waals surface area contributed by atoms with Crippen LogP contribution in [0.5, 0.6) is 5.75 Å². The van der Waals surface area contributed by atoms with Gasteiger partial charge in [0.2, 0.25) is 5.91 Å². The van der Waals surface area contributed by atoms with Crippen LogP contribution in [0, 0.1) is 0 Å². The summed E-state index contributed by atoms with van der Waals surface area (Å²) in [6, 6.07) is 11.5. The van der Waals surface area contributed by atoms with Crippen molar-refractivity contribution in [1.82, 2.24) is 4.90 Å². The van der Waals surface area contributed by atoms with Gasteiger partial charge >= 0.3 is 0 Å². The van der Waals surface area contributed by atoms with Crippen molar-refractivity contribution in [2.24, 2.45) is 0 Å². The quantitative estimate of drug-likeness (QED) is 0.867. The molecule has 1 amide bonds. The Labute approximate surface area is 124 Å². The van der Waals surface area contributed by atoms with E-state index in [0.29, 0.717) is 12.3 Å². The second-order valence-corrected chi connectivity index (χ2v) is 5.37. The minimum atomic E-state index is 0.175. The lowest BCUT2D eigenvalue weighted by atomic mass is 10.1. The molecule has 2 aromatic rings. The molecule has 0 radical (unpaired) electrons. The Kier molecular flexibility index (Phi) is 3.95. The molecule has 21 heavy (non-hydrogen) atoms. The van der Waals surface area contributed by atoms with Gasteiger partial charge in [-0.2, -0.15) is 0 Å². The summed E-state index contributed by atoms with van der Waals surface area (Å²) in [6.45, 7) is 1.56. The first-order valence-electron chi connectivity index (χ1n) is 7.20. The van der Waals surface area contributed by atoms with Crippen LogP contribution in [0.3, 0.4) is 0 Å². The normalized spacial score (nSPS) is 18.0. The number of carbonyl (C=O) groups is 1. The van der Waals surface area contributed by atoms with E-state index < -0.39 is 0 Å². The maximum atomic E-state index is 12.3. The van der Waals surface area contributed by atoms with E-state index in [2.05, 4.69) is 0 Å². The Hall–Kier alpha value is -2.23. The van der Waals surface area contributed by atoms with Crippen molar-refractivity contribution >= 4 is 5.91 Å². The van der Waals surface area contributed by atoms with E-state index in [1.807, 2.05) is 41.3 Å². The number of furan rings is 1. The van der Waals surface area contributed by atoms with E-state index in [1.54, 1.807) is 13.4 Å². The van der Waals surface area contributed by atoms with Gasteiger partial charge in [0.25, 0.3) is 0 Å². The molecule has 1 saturated heterocycles. The first-order chi connectivity index (χ1) is 10.3. The van der Waals surface area contributed by atoms with Crippen molar-refractivity contribution in [1.29, 1.82) is 0 Å². The van der Waals surface area contributed by atoms with Crippen molar-refractivity contribution in [2.75, 3.05) is 20.2 Å². The Morgan fingerprint density at radius 3 is 2.81 bits per heavy atom. The van der Waals surface area contributed by atoms with Crippen molar-refractivity contribution in [2.45, 2.75) is 18.8 Å². The zero-order chi connectivity index (χ0) is 14.7. The van der Waals surface area contributed by atoms with Crippen LogP contribution in [0.15, 0.2) is 47.1 Å². The number of hydrogen-bond donors (Lipinski definition) is 0. The van der Waals surface area contributed by atoms with E-state index in [-0.39, 0.29) is 5.91 Å². The minimum absolute atomic E-state index is 0.175. The standard InChI is InChI=1S/C17H19NO3/c1-20-15-6-4-13(5-7-15)11-17(19)18-9-8-14(12-18)16-3-2-10-21-16/h2-7,10,14H,8-9,11-12H2,1H3. The van der Waals surface area contributed by atoms with Crippen LogP contribution >= 0.6 is 0 Å². The second-order valence-electron chi connectivity index (χ2n) is 5.37. The molecule has 0 aliphatic carbocycles. The van der Waals surface area contributed by atoms with Gasteiger partial charge < -0.3 is 14.1 Å². The van der Waals surface area contributed by atoms with Gasteiger partial charge in [-0.3, -0.25) is 4.79 Å². The first kappa shape index (κ1) is 13.7. The fourth-order valence-corrected chi connectivity index (χ4v) is 2.77. The largest absolute Gasteiger partial charge is 0.497 e. The average Bonchev–Trinajstić information content (AvgIpc) is 3.19. The summed E-state index contributed by atoms with van der Waals surface area (Å²) in [6.07, 6.45) is 3.11. The first-order valence-corrected chi connectivity index (χ1v) is 7.20. The third-order valence-corrected chi connectivity index (χ3v) is 4.00. The molecule has 1 aromatic carbocycles. The fraction of sp³-hybridized carbons (Fsp3) is 0.353. The summed E-state index contributed by atoms with van der Waals surface area (Å²) in [5.74, 6) is 2.30. The minimum Gasteiger partial charge on any atom is -0.497 e. The molecule has 1 aliphatic rings. The predicted molar refractivity (Wildman–Crippen MR) is 79.3 cm³/mol. The van der Waals surface area contributed by atoms with Crippen LogP contribution in [-0.2, 0) is 11.2 Å². The number of nitrogens with zero attached hydrogens (tertiary/aromatic N) is 1. The Morgan fingerprint density at radius 2 is 2.14 bits per heavy atom. The summed E-state index contributed by atoms with van der Waals surface area (Å²) >= 11 is 0. The number of benzene rings is 1. The van der Waals surface area contributed by atoms with Crippen molar-refractivity contribution in [3.05, 3.63) is 54.0 Å². The van der Waals surface area contributed by atoms with Crippen LogP contribution in [0.4, 0.5) is 0 Å². The van der Waals surface area contributed by atoms with Gasteiger partial charge in [-0.15, -0.1) is 0 Å². The van der Waals surface area contributed by atoms with Gasteiger partial charge in [0.1, 0.15) is 11.5 Å². The van der Waals surface area contributed by atoms with Gasteiger partial charge in [0, 0.05) is 19.0 Å². The zero-order valence-corrected chi connectivity index (χ0v) is 12.1.